The Labute approximate surface area is 159 Å². The maximum atomic E-state index is 12.3. The third kappa shape index (κ3) is 5.09. The molecule has 1 heterocycles. The van der Waals surface area contributed by atoms with Gasteiger partial charge >= 0.3 is 0 Å². The normalized spacial score (nSPS) is 14.6. The van der Waals surface area contributed by atoms with Crippen molar-refractivity contribution >= 4 is 11.8 Å². The van der Waals surface area contributed by atoms with Gasteiger partial charge in [0.25, 0.3) is 5.91 Å². The minimum atomic E-state index is -0.249. The average Bonchev–Trinajstić information content (AvgIpc) is 3.19. The Bertz CT molecular complexity index is 781. The Morgan fingerprint density at radius 3 is 2.78 bits per heavy atom. The van der Waals surface area contributed by atoms with E-state index in [0.29, 0.717) is 23.9 Å². The largest absolute Gasteiger partial charge is 0.494 e. The number of para-hydroxylation sites is 2. The molecule has 0 spiro atoms. The number of aromatic nitrogens is 2. The lowest BCUT2D eigenvalue weighted by atomic mass is 9.95. The molecule has 1 aliphatic carbocycles. The molecule has 1 aromatic carbocycles. The van der Waals surface area contributed by atoms with Crippen molar-refractivity contribution in [2.45, 2.75) is 44.6 Å². The van der Waals surface area contributed by atoms with Crippen molar-refractivity contribution in [3.63, 3.8) is 0 Å². The van der Waals surface area contributed by atoms with Crippen LogP contribution in [0.25, 0.3) is 5.69 Å². The fourth-order valence-electron chi connectivity index (χ4n) is 3.33. The van der Waals surface area contributed by atoms with Crippen molar-refractivity contribution < 1.29 is 14.3 Å². The minimum Gasteiger partial charge on any atom is -0.494 e. The summed E-state index contributed by atoms with van der Waals surface area (Å²) < 4.78 is 6.92. The zero-order valence-corrected chi connectivity index (χ0v) is 15.6. The average molecular weight is 370 g/mol. The number of hydrogen-bond donors (Lipinski definition) is 2. The highest BCUT2D eigenvalue weighted by atomic mass is 16.5. The Balaban J connectivity index is 1.49. The molecule has 7 nitrogen and oxygen atoms in total. The van der Waals surface area contributed by atoms with Crippen LogP contribution in [0.4, 0.5) is 0 Å². The van der Waals surface area contributed by atoms with E-state index in [-0.39, 0.29) is 18.2 Å². The highest BCUT2D eigenvalue weighted by molar-refractivity contribution is 5.94. The Hall–Kier alpha value is -2.83. The van der Waals surface area contributed by atoms with Crippen molar-refractivity contribution in [3.05, 3.63) is 42.2 Å². The summed E-state index contributed by atoms with van der Waals surface area (Å²) in [7, 11) is 1.59. The molecule has 1 aliphatic rings. The third-order valence-electron chi connectivity index (χ3n) is 4.78. The number of nitrogens with one attached hydrogen (secondary N) is 2. The van der Waals surface area contributed by atoms with Crippen LogP contribution >= 0.6 is 0 Å². The smallest absolute Gasteiger partial charge is 0.254 e. The first-order chi connectivity index (χ1) is 13.2. The van der Waals surface area contributed by atoms with Gasteiger partial charge in [-0.3, -0.25) is 9.59 Å². The zero-order chi connectivity index (χ0) is 19.1. The van der Waals surface area contributed by atoms with Crippen LogP contribution in [0.2, 0.25) is 0 Å². The summed E-state index contributed by atoms with van der Waals surface area (Å²) in [6, 6.07) is 7.74. The molecule has 7 heteroatoms. The van der Waals surface area contributed by atoms with Crippen molar-refractivity contribution in [1.82, 2.24) is 20.4 Å². The predicted octanol–water partition coefficient (Wildman–Crippen LogP) is 2.45. The van der Waals surface area contributed by atoms with Gasteiger partial charge in [0.05, 0.1) is 18.9 Å². The topological polar surface area (TPSA) is 85.2 Å². The Morgan fingerprint density at radius 1 is 1.22 bits per heavy atom. The molecule has 1 fully saturated rings. The summed E-state index contributed by atoms with van der Waals surface area (Å²) in [6.07, 6.45) is 9.16. The van der Waals surface area contributed by atoms with Crippen LogP contribution in [0.5, 0.6) is 5.75 Å². The number of methoxy groups -OCH3 is 1. The zero-order valence-electron chi connectivity index (χ0n) is 15.6. The number of benzene rings is 1. The van der Waals surface area contributed by atoms with E-state index in [9.17, 15) is 9.59 Å². The number of nitrogens with zero attached hydrogens (tertiary/aromatic N) is 2. The van der Waals surface area contributed by atoms with Gasteiger partial charge in [0.15, 0.2) is 0 Å². The molecule has 3 rings (SSSR count). The first-order valence-electron chi connectivity index (χ1n) is 9.43. The number of carbonyl (C=O) groups excluding carboxylic acids is 2. The number of amides is 2. The lowest BCUT2D eigenvalue weighted by molar-refractivity contribution is -0.121. The molecule has 1 saturated carbocycles. The Morgan fingerprint density at radius 2 is 2.00 bits per heavy atom. The number of hydrogen-bond acceptors (Lipinski definition) is 4. The highest BCUT2D eigenvalue weighted by Gasteiger charge is 2.16. The van der Waals surface area contributed by atoms with E-state index in [4.69, 9.17) is 4.74 Å². The molecule has 2 amide bonds. The van der Waals surface area contributed by atoms with E-state index in [0.717, 1.165) is 18.5 Å². The molecular weight excluding hydrogens is 344 g/mol. The molecule has 0 atom stereocenters. The molecule has 144 valence electrons. The summed E-state index contributed by atoms with van der Waals surface area (Å²) in [5, 5.41) is 10.1. The SMILES string of the molecule is COc1ccccc1-n1cc(C(=O)NCCC(=O)NC2CCCCC2)cn1. The van der Waals surface area contributed by atoms with Gasteiger partial charge in [-0.05, 0) is 25.0 Å². The third-order valence-corrected chi connectivity index (χ3v) is 4.78. The minimum absolute atomic E-state index is 0.00748. The summed E-state index contributed by atoms with van der Waals surface area (Å²) in [5.74, 6) is 0.417. The monoisotopic (exact) mass is 370 g/mol. The molecule has 0 saturated heterocycles. The molecular formula is C20H26N4O3. The van der Waals surface area contributed by atoms with Crippen LogP contribution in [0.3, 0.4) is 0 Å². The molecule has 2 N–H and O–H groups in total. The second kappa shape index (κ2) is 9.21. The van der Waals surface area contributed by atoms with Crippen LogP contribution in [-0.2, 0) is 4.79 Å². The summed E-state index contributed by atoms with van der Waals surface area (Å²) >= 11 is 0. The number of rotatable bonds is 7. The van der Waals surface area contributed by atoms with Crippen molar-refractivity contribution in [3.8, 4) is 11.4 Å². The standard InChI is InChI=1S/C20H26N4O3/c1-27-18-10-6-5-9-17(18)24-14-15(13-22-24)20(26)21-12-11-19(25)23-16-7-3-2-4-8-16/h5-6,9-10,13-14,16H,2-4,7-8,11-12H2,1H3,(H,21,26)(H,23,25). The maximum Gasteiger partial charge on any atom is 0.254 e. The first-order valence-corrected chi connectivity index (χ1v) is 9.43. The van der Waals surface area contributed by atoms with E-state index in [2.05, 4.69) is 15.7 Å². The van der Waals surface area contributed by atoms with E-state index >= 15 is 0 Å². The molecule has 0 radical (unpaired) electrons. The summed E-state index contributed by atoms with van der Waals surface area (Å²) in [6.45, 7) is 0.303. The molecule has 0 aliphatic heterocycles. The van der Waals surface area contributed by atoms with Crippen molar-refractivity contribution in [1.29, 1.82) is 0 Å². The van der Waals surface area contributed by atoms with Gasteiger partial charge in [-0.1, -0.05) is 31.4 Å². The predicted molar refractivity (Wildman–Crippen MR) is 102 cm³/mol. The van der Waals surface area contributed by atoms with Crippen LogP contribution in [0.1, 0.15) is 48.9 Å². The molecule has 2 aromatic rings. The second-order valence-electron chi connectivity index (χ2n) is 6.75. The summed E-state index contributed by atoms with van der Waals surface area (Å²) in [5.41, 5.74) is 1.19. The lowest BCUT2D eigenvalue weighted by Crippen LogP contribution is -2.38. The van der Waals surface area contributed by atoms with Gasteiger partial charge in [0, 0.05) is 25.2 Å². The van der Waals surface area contributed by atoms with E-state index < -0.39 is 0 Å². The van der Waals surface area contributed by atoms with Gasteiger partial charge < -0.3 is 15.4 Å². The maximum absolute atomic E-state index is 12.3. The van der Waals surface area contributed by atoms with Gasteiger partial charge in [0.1, 0.15) is 11.4 Å². The van der Waals surface area contributed by atoms with Gasteiger partial charge in [0.2, 0.25) is 5.91 Å². The number of carbonyl (C=O) groups is 2. The van der Waals surface area contributed by atoms with Crippen LogP contribution in [0.15, 0.2) is 36.7 Å². The van der Waals surface area contributed by atoms with E-state index in [1.54, 1.807) is 18.0 Å². The molecule has 27 heavy (non-hydrogen) atoms. The van der Waals surface area contributed by atoms with Gasteiger partial charge in [-0.2, -0.15) is 5.10 Å². The fraction of sp³-hybridized carbons (Fsp3) is 0.450. The molecule has 1 aromatic heterocycles. The van der Waals surface area contributed by atoms with Crippen LogP contribution < -0.4 is 15.4 Å². The summed E-state index contributed by atoms with van der Waals surface area (Å²) in [4.78, 5) is 24.3. The first kappa shape index (κ1) is 18.9. The van der Waals surface area contributed by atoms with Crippen molar-refractivity contribution in [2.24, 2.45) is 0 Å². The van der Waals surface area contributed by atoms with Crippen LogP contribution in [-0.4, -0.2) is 41.3 Å². The second-order valence-corrected chi connectivity index (χ2v) is 6.75. The molecule has 0 unspecified atom stereocenters. The number of ether oxygens (including phenoxy) is 1. The quantitative estimate of drug-likeness (QED) is 0.784. The molecule has 0 bridgehead atoms. The lowest BCUT2D eigenvalue weighted by Gasteiger charge is -2.22. The highest BCUT2D eigenvalue weighted by Crippen LogP contribution is 2.21. The van der Waals surface area contributed by atoms with E-state index in [1.807, 2.05) is 24.3 Å². The Kier molecular flexibility index (Phi) is 6.46. The fourth-order valence-corrected chi connectivity index (χ4v) is 3.33. The van der Waals surface area contributed by atoms with E-state index in [1.165, 1.54) is 25.5 Å². The van der Waals surface area contributed by atoms with Gasteiger partial charge in [-0.25, -0.2) is 4.68 Å². The van der Waals surface area contributed by atoms with Gasteiger partial charge in [-0.15, -0.1) is 0 Å². The van der Waals surface area contributed by atoms with Crippen molar-refractivity contribution in [2.75, 3.05) is 13.7 Å². The van der Waals surface area contributed by atoms with Crippen LogP contribution in [0, 0.1) is 0 Å².